The second-order valence-electron chi connectivity index (χ2n) is 3.12. The number of hydrogen-bond acceptors (Lipinski definition) is 3. The average molecular weight is 199 g/mol. The first-order valence-electron chi connectivity index (χ1n) is 4.16. The summed E-state index contributed by atoms with van der Waals surface area (Å²) in [4.78, 5) is 0. The molecule has 2 rings (SSSR count). The molecule has 0 saturated carbocycles. The van der Waals surface area contributed by atoms with Gasteiger partial charge < -0.3 is 16.2 Å². The van der Waals surface area contributed by atoms with E-state index in [0.29, 0.717) is 23.1 Å². The Labute approximate surface area is 81.6 Å². The number of anilines is 1. The number of hydrogen-bond donors (Lipinski definition) is 2. The molecule has 0 bridgehead atoms. The zero-order chi connectivity index (χ0) is 9.42. The van der Waals surface area contributed by atoms with E-state index in [-0.39, 0.29) is 6.04 Å². The Morgan fingerprint density at radius 3 is 2.92 bits per heavy atom. The fourth-order valence-electron chi connectivity index (χ4n) is 1.53. The third kappa shape index (κ3) is 1.34. The number of fused-ring (bicyclic) bond motifs is 1. The summed E-state index contributed by atoms with van der Waals surface area (Å²) in [6, 6.07) is 3.43. The van der Waals surface area contributed by atoms with Crippen LogP contribution in [0.25, 0.3) is 0 Å². The summed E-state index contributed by atoms with van der Waals surface area (Å²) in [5.41, 5.74) is 13.1. The van der Waals surface area contributed by atoms with Crippen molar-refractivity contribution in [1.82, 2.24) is 0 Å². The van der Waals surface area contributed by atoms with Crippen molar-refractivity contribution in [2.45, 2.75) is 12.5 Å². The summed E-state index contributed by atoms with van der Waals surface area (Å²) in [5.74, 6) is 0.659. The molecule has 1 aliphatic heterocycles. The van der Waals surface area contributed by atoms with E-state index in [1.807, 2.05) is 0 Å². The predicted octanol–water partition coefficient (Wildman–Crippen LogP) is 1.70. The molecule has 1 heterocycles. The van der Waals surface area contributed by atoms with Gasteiger partial charge in [0.15, 0.2) is 0 Å². The van der Waals surface area contributed by atoms with Crippen LogP contribution in [0.15, 0.2) is 12.1 Å². The lowest BCUT2D eigenvalue weighted by Crippen LogP contribution is -2.21. The molecule has 1 aromatic rings. The molecule has 4 heteroatoms. The Morgan fingerprint density at radius 1 is 1.46 bits per heavy atom. The van der Waals surface area contributed by atoms with Gasteiger partial charge in [0.1, 0.15) is 5.75 Å². The van der Waals surface area contributed by atoms with E-state index in [0.717, 1.165) is 12.0 Å². The molecule has 0 aromatic heterocycles. The molecule has 70 valence electrons. The Morgan fingerprint density at radius 2 is 2.23 bits per heavy atom. The molecule has 0 aliphatic carbocycles. The van der Waals surface area contributed by atoms with Gasteiger partial charge in [-0.2, -0.15) is 0 Å². The minimum Gasteiger partial charge on any atom is -0.491 e. The van der Waals surface area contributed by atoms with Crippen molar-refractivity contribution in [1.29, 1.82) is 0 Å². The molecule has 3 nitrogen and oxygen atoms in total. The van der Waals surface area contributed by atoms with Crippen molar-refractivity contribution >= 4 is 17.3 Å². The molecule has 1 atom stereocenters. The summed E-state index contributed by atoms with van der Waals surface area (Å²) >= 11 is 5.99. The van der Waals surface area contributed by atoms with Gasteiger partial charge in [0.05, 0.1) is 12.3 Å². The summed E-state index contributed by atoms with van der Waals surface area (Å²) < 4.78 is 5.42. The summed E-state index contributed by atoms with van der Waals surface area (Å²) in [5, 5.41) is 0.636. The number of nitrogen functional groups attached to an aromatic ring is 1. The number of rotatable bonds is 0. The standard InChI is InChI=1S/C9H11ClN2O/c10-5-1-2-7(12)9-8(5)6(11)3-4-13-9/h1-2,6H,3-4,11-12H2/t6-/m1/s1. The topological polar surface area (TPSA) is 61.3 Å². The molecule has 1 aliphatic rings. The highest BCUT2D eigenvalue weighted by Crippen LogP contribution is 2.39. The van der Waals surface area contributed by atoms with Crippen LogP contribution in [0.2, 0.25) is 5.02 Å². The average Bonchev–Trinajstić information content (AvgIpc) is 2.12. The second kappa shape index (κ2) is 3.09. The van der Waals surface area contributed by atoms with Crippen LogP contribution in [0.4, 0.5) is 5.69 Å². The summed E-state index contributed by atoms with van der Waals surface area (Å²) in [6.45, 7) is 0.610. The van der Waals surface area contributed by atoms with E-state index in [2.05, 4.69) is 0 Å². The van der Waals surface area contributed by atoms with E-state index in [1.165, 1.54) is 0 Å². The number of ether oxygens (including phenoxy) is 1. The quantitative estimate of drug-likeness (QED) is 0.624. The smallest absolute Gasteiger partial charge is 0.148 e. The first-order chi connectivity index (χ1) is 6.20. The van der Waals surface area contributed by atoms with Crippen LogP contribution in [-0.4, -0.2) is 6.61 Å². The van der Waals surface area contributed by atoms with Crippen LogP contribution in [0.3, 0.4) is 0 Å². The van der Waals surface area contributed by atoms with Gasteiger partial charge in [-0.05, 0) is 12.1 Å². The van der Waals surface area contributed by atoms with Crippen LogP contribution < -0.4 is 16.2 Å². The van der Waals surface area contributed by atoms with Crippen molar-refractivity contribution in [2.24, 2.45) is 5.73 Å². The highest BCUT2D eigenvalue weighted by molar-refractivity contribution is 6.31. The highest BCUT2D eigenvalue weighted by Gasteiger charge is 2.22. The van der Waals surface area contributed by atoms with Crippen LogP contribution >= 0.6 is 11.6 Å². The Balaban J connectivity index is 2.60. The molecule has 4 N–H and O–H groups in total. The maximum atomic E-state index is 5.99. The zero-order valence-corrected chi connectivity index (χ0v) is 7.84. The molecule has 13 heavy (non-hydrogen) atoms. The lowest BCUT2D eigenvalue weighted by molar-refractivity contribution is 0.270. The van der Waals surface area contributed by atoms with Gasteiger partial charge in [0.2, 0.25) is 0 Å². The lowest BCUT2D eigenvalue weighted by atomic mass is 10.0. The van der Waals surface area contributed by atoms with Crippen LogP contribution in [0.5, 0.6) is 5.75 Å². The fraction of sp³-hybridized carbons (Fsp3) is 0.333. The Bertz CT molecular complexity index is 341. The highest BCUT2D eigenvalue weighted by atomic mass is 35.5. The van der Waals surface area contributed by atoms with E-state index in [4.69, 9.17) is 27.8 Å². The molecule has 0 saturated heterocycles. The van der Waals surface area contributed by atoms with Crippen molar-refractivity contribution < 1.29 is 4.74 Å². The van der Waals surface area contributed by atoms with Gasteiger partial charge >= 0.3 is 0 Å². The molecule has 0 amide bonds. The van der Waals surface area contributed by atoms with Crippen molar-refractivity contribution in [2.75, 3.05) is 12.3 Å². The molecular weight excluding hydrogens is 188 g/mol. The largest absolute Gasteiger partial charge is 0.491 e. The van der Waals surface area contributed by atoms with Crippen molar-refractivity contribution in [3.8, 4) is 5.75 Å². The maximum absolute atomic E-state index is 5.99. The first-order valence-corrected chi connectivity index (χ1v) is 4.54. The Hall–Kier alpha value is -0.930. The first kappa shape index (κ1) is 8.66. The second-order valence-corrected chi connectivity index (χ2v) is 3.53. The molecule has 0 fully saturated rings. The Kier molecular flexibility index (Phi) is 2.06. The zero-order valence-electron chi connectivity index (χ0n) is 7.09. The van der Waals surface area contributed by atoms with Gasteiger partial charge in [0, 0.05) is 23.0 Å². The monoisotopic (exact) mass is 198 g/mol. The van der Waals surface area contributed by atoms with Gasteiger partial charge in [0.25, 0.3) is 0 Å². The van der Waals surface area contributed by atoms with Crippen LogP contribution in [-0.2, 0) is 0 Å². The van der Waals surface area contributed by atoms with Crippen LogP contribution in [0, 0.1) is 0 Å². The maximum Gasteiger partial charge on any atom is 0.148 e. The van der Waals surface area contributed by atoms with Gasteiger partial charge in [-0.25, -0.2) is 0 Å². The van der Waals surface area contributed by atoms with Crippen LogP contribution in [0.1, 0.15) is 18.0 Å². The van der Waals surface area contributed by atoms with Gasteiger partial charge in [-0.15, -0.1) is 0 Å². The number of nitrogens with two attached hydrogens (primary N) is 2. The summed E-state index contributed by atoms with van der Waals surface area (Å²) in [6.07, 6.45) is 0.788. The molecule has 0 spiro atoms. The molecule has 0 radical (unpaired) electrons. The number of benzene rings is 1. The van der Waals surface area contributed by atoms with Crippen molar-refractivity contribution in [3.05, 3.63) is 22.7 Å². The molecule has 0 unspecified atom stereocenters. The predicted molar refractivity (Wildman–Crippen MR) is 52.9 cm³/mol. The minimum atomic E-state index is -0.0558. The molecule has 1 aromatic carbocycles. The van der Waals surface area contributed by atoms with Gasteiger partial charge in [-0.3, -0.25) is 0 Å². The SMILES string of the molecule is Nc1ccc(Cl)c2c1OCC[C@H]2N. The van der Waals surface area contributed by atoms with Crippen molar-refractivity contribution in [3.63, 3.8) is 0 Å². The van der Waals surface area contributed by atoms with E-state index >= 15 is 0 Å². The fourth-order valence-corrected chi connectivity index (χ4v) is 1.82. The van der Waals surface area contributed by atoms with E-state index < -0.39 is 0 Å². The van der Waals surface area contributed by atoms with E-state index in [9.17, 15) is 0 Å². The number of halogens is 1. The molecular formula is C9H11ClN2O. The normalized spacial score (nSPS) is 20.6. The lowest BCUT2D eigenvalue weighted by Gasteiger charge is -2.24. The van der Waals surface area contributed by atoms with Gasteiger partial charge in [-0.1, -0.05) is 11.6 Å². The minimum absolute atomic E-state index is 0.0558. The third-order valence-electron chi connectivity index (χ3n) is 2.22. The third-order valence-corrected chi connectivity index (χ3v) is 2.55. The van der Waals surface area contributed by atoms with E-state index in [1.54, 1.807) is 12.1 Å². The summed E-state index contributed by atoms with van der Waals surface area (Å²) in [7, 11) is 0.